The summed E-state index contributed by atoms with van der Waals surface area (Å²) < 4.78 is 5.09. The van der Waals surface area contributed by atoms with Gasteiger partial charge >= 0.3 is 0 Å². The summed E-state index contributed by atoms with van der Waals surface area (Å²) in [6, 6.07) is 13.1. The molecule has 0 unspecified atom stereocenters. The summed E-state index contributed by atoms with van der Waals surface area (Å²) in [5.41, 5.74) is 1.56. The summed E-state index contributed by atoms with van der Waals surface area (Å²) in [5, 5.41) is 5.91. The van der Waals surface area contributed by atoms with Crippen LogP contribution in [0, 0.1) is 0 Å². The van der Waals surface area contributed by atoms with Gasteiger partial charge in [0.1, 0.15) is 5.75 Å². The molecule has 29 heavy (non-hydrogen) atoms. The van der Waals surface area contributed by atoms with Crippen molar-refractivity contribution < 1.29 is 14.3 Å². The molecule has 0 saturated carbocycles. The number of ether oxygens (including phenoxy) is 1. The van der Waals surface area contributed by atoms with Crippen LogP contribution in [0.2, 0.25) is 10.0 Å². The molecule has 6 nitrogen and oxygen atoms in total. The topological polar surface area (TPSA) is 80.3 Å². The number of rotatable bonds is 6. The van der Waals surface area contributed by atoms with Gasteiger partial charge in [-0.1, -0.05) is 29.3 Å². The number of aromatic nitrogens is 1. The Hall–Kier alpha value is -3.09. The van der Waals surface area contributed by atoms with Gasteiger partial charge < -0.3 is 15.4 Å². The summed E-state index contributed by atoms with van der Waals surface area (Å²) in [5.74, 6) is -0.219. The van der Waals surface area contributed by atoms with E-state index in [-0.39, 0.29) is 27.8 Å². The first-order valence-electron chi connectivity index (χ1n) is 8.59. The summed E-state index contributed by atoms with van der Waals surface area (Å²) in [7, 11) is 1.54. The number of nitrogens with one attached hydrogen (secondary N) is 2. The van der Waals surface area contributed by atoms with Crippen LogP contribution in [-0.2, 0) is 6.54 Å². The number of methoxy groups -OCH3 is 1. The number of carbonyl (C=O) groups excluding carboxylic acids is 2. The Morgan fingerprint density at radius 3 is 2.48 bits per heavy atom. The fourth-order valence-electron chi connectivity index (χ4n) is 2.59. The highest BCUT2D eigenvalue weighted by molar-refractivity contribution is 6.38. The molecule has 2 N–H and O–H groups in total. The lowest BCUT2D eigenvalue weighted by Crippen LogP contribution is -2.25. The highest BCUT2D eigenvalue weighted by Gasteiger charge is 2.19. The standard InChI is InChI=1S/C21H17Cl2N3O3/c1-29-16-6-4-14(5-7-16)20(27)26-19-17(9-15(22)10-18(19)23)21(28)25-12-13-3-2-8-24-11-13/h2-11H,12H2,1H3,(H,25,28)(H,26,27). The molecular weight excluding hydrogens is 413 g/mol. The lowest BCUT2D eigenvalue weighted by Gasteiger charge is -2.14. The summed E-state index contributed by atoms with van der Waals surface area (Å²) >= 11 is 12.3. The molecule has 0 aliphatic carbocycles. The molecule has 3 rings (SSSR count). The van der Waals surface area contributed by atoms with Crippen LogP contribution >= 0.6 is 23.2 Å². The van der Waals surface area contributed by atoms with E-state index in [0.29, 0.717) is 11.3 Å². The first kappa shape index (κ1) is 20.6. The van der Waals surface area contributed by atoms with E-state index in [1.165, 1.54) is 12.1 Å². The number of halogens is 2. The highest BCUT2D eigenvalue weighted by Crippen LogP contribution is 2.31. The second kappa shape index (κ2) is 9.41. The number of carbonyl (C=O) groups is 2. The molecule has 8 heteroatoms. The van der Waals surface area contributed by atoms with E-state index >= 15 is 0 Å². The second-order valence-electron chi connectivity index (χ2n) is 6.04. The molecular formula is C21H17Cl2N3O3. The van der Waals surface area contributed by atoms with Crippen LogP contribution in [0.1, 0.15) is 26.3 Å². The maximum Gasteiger partial charge on any atom is 0.255 e. The van der Waals surface area contributed by atoms with Crippen molar-refractivity contribution in [1.82, 2.24) is 10.3 Å². The molecule has 0 fully saturated rings. The quantitative estimate of drug-likeness (QED) is 0.600. The van der Waals surface area contributed by atoms with Crippen LogP contribution in [0.4, 0.5) is 5.69 Å². The third-order valence-electron chi connectivity index (χ3n) is 4.07. The van der Waals surface area contributed by atoms with E-state index in [2.05, 4.69) is 15.6 Å². The van der Waals surface area contributed by atoms with E-state index in [4.69, 9.17) is 27.9 Å². The summed E-state index contributed by atoms with van der Waals surface area (Å²) in [4.78, 5) is 29.4. The lowest BCUT2D eigenvalue weighted by molar-refractivity contribution is 0.0951. The van der Waals surface area contributed by atoms with Crippen LogP contribution < -0.4 is 15.4 Å². The van der Waals surface area contributed by atoms with E-state index < -0.39 is 11.8 Å². The van der Waals surface area contributed by atoms with Gasteiger partial charge in [-0.25, -0.2) is 0 Å². The van der Waals surface area contributed by atoms with Crippen molar-refractivity contribution in [1.29, 1.82) is 0 Å². The summed E-state index contributed by atoms with van der Waals surface area (Å²) in [6.45, 7) is 0.267. The van der Waals surface area contributed by atoms with Crippen LogP contribution in [0.25, 0.3) is 0 Å². The normalized spacial score (nSPS) is 10.3. The van der Waals surface area contributed by atoms with E-state index in [0.717, 1.165) is 5.56 Å². The Morgan fingerprint density at radius 1 is 1.07 bits per heavy atom. The molecule has 0 saturated heterocycles. The zero-order valence-electron chi connectivity index (χ0n) is 15.4. The number of benzene rings is 2. The van der Waals surface area contributed by atoms with Crippen molar-refractivity contribution in [2.45, 2.75) is 6.54 Å². The third kappa shape index (κ3) is 5.25. The minimum Gasteiger partial charge on any atom is -0.497 e. The molecule has 1 heterocycles. The number of anilines is 1. The van der Waals surface area contributed by atoms with Gasteiger partial charge in [0, 0.05) is 29.5 Å². The van der Waals surface area contributed by atoms with Crippen molar-refractivity contribution in [3.8, 4) is 5.75 Å². The molecule has 0 spiro atoms. The number of nitrogens with zero attached hydrogens (tertiary/aromatic N) is 1. The molecule has 1 aromatic heterocycles. The molecule has 0 bridgehead atoms. The monoisotopic (exact) mass is 429 g/mol. The zero-order valence-corrected chi connectivity index (χ0v) is 16.9. The van der Waals surface area contributed by atoms with Crippen molar-refractivity contribution in [2.75, 3.05) is 12.4 Å². The molecule has 0 atom stereocenters. The van der Waals surface area contributed by atoms with Crippen LogP contribution in [0.3, 0.4) is 0 Å². The number of hydrogen-bond acceptors (Lipinski definition) is 4. The fourth-order valence-corrected chi connectivity index (χ4v) is 3.13. The van der Waals surface area contributed by atoms with Gasteiger partial charge in [0.05, 0.1) is 23.4 Å². The fraction of sp³-hybridized carbons (Fsp3) is 0.0952. The number of hydrogen-bond donors (Lipinski definition) is 2. The third-order valence-corrected chi connectivity index (χ3v) is 4.58. The molecule has 0 aliphatic rings. The van der Waals surface area contributed by atoms with Gasteiger partial charge in [-0.05, 0) is 48.0 Å². The molecule has 0 radical (unpaired) electrons. The molecule has 2 aromatic carbocycles. The van der Waals surface area contributed by atoms with Crippen LogP contribution in [0.15, 0.2) is 60.9 Å². The van der Waals surface area contributed by atoms with Gasteiger partial charge in [0.15, 0.2) is 0 Å². The Labute approximate surface area is 177 Å². The first-order valence-corrected chi connectivity index (χ1v) is 9.35. The van der Waals surface area contributed by atoms with Crippen molar-refractivity contribution in [3.63, 3.8) is 0 Å². The predicted molar refractivity (Wildman–Crippen MR) is 113 cm³/mol. The molecule has 148 valence electrons. The maximum absolute atomic E-state index is 12.7. The smallest absolute Gasteiger partial charge is 0.255 e. The average Bonchev–Trinajstić information content (AvgIpc) is 2.74. The van der Waals surface area contributed by atoms with Gasteiger partial charge in [0.2, 0.25) is 0 Å². The minimum absolute atomic E-state index is 0.158. The van der Waals surface area contributed by atoms with Gasteiger partial charge in [-0.15, -0.1) is 0 Å². The second-order valence-corrected chi connectivity index (χ2v) is 6.88. The first-order chi connectivity index (χ1) is 14.0. The van der Waals surface area contributed by atoms with E-state index in [1.807, 2.05) is 6.07 Å². The van der Waals surface area contributed by atoms with Gasteiger partial charge in [0.25, 0.3) is 11.8 Å². The number of amides is 2. The van der Waals surface area contributed by atoms with Crippen LogP contribution in [0.5, 0.6) is 5.75 Å². The zero-order chi connectivity index (χ0) is 20.8. The Kier molecular flexibility index (Phi) is 6.69. The Bertz CT molecular complexity index is 1030. The van der Waals surface area contributed by atoms with Gasteiger partial charge in [-0.2, -0.15) is 0 Å². The van der Waals surface area contributed by atoms with Crippen molar-refractivity contribution in [3.05, 3.63) is 87.7 Å². The molecule has 3 aromatic rings. The predicted octanol–water partition coefficient (Wildman–Crippen LogP) is 4.58. The summed E-state index contributed by atoms with van der Waals surface area (Å²) in [6.07, 6.45) is 3.30. The highest BCUT2D eigenvalue weighted by atomic mass is 35.5. The maximum atomic E-state index is 12.7. The van der Waals surface area contributed by atoms with Gasteiger partial charge in [-0.3, -0.25) is 14.6 Å². The Balaban J connectivity index is 1.82. The SMILES string of the molecule is COc1ccc(C(=O)Nc2c(Cl)cc(Cl)cc2C(=O)NCc2cccnc2)cc1. The van der Waals surface area contributed by atoms with E-state index in [1.54, 1.807) is 49.8 Å². The van der Waals surface area contributed by atoms with E-state index in [9.17, 15) is 9.59 Å². The van der Waals surface area contributed by atoms with Crippen LogP contribution in [-0.4, -0.2) is 23.9 Å². The molecule has 2 amide bonds. The Morgan fingerprint density at radius 2 is 1.83 bits per heavy atom. The lowest BCUT2D eigenvalue weighted by atomic mass is 10.1. The average molecular weight is 430 g/mol. The minimum atomic E-state index is -0.428. The molecule has 0 aliphatic heterocycles. The largest absolute Gasteiger partial charge is 0.497 e. The number of pyridine rings is 1. The van der Waals surface area contributed by atoms with Crippen molar-refractivity contribution >= 4 is 40.7 Å². The van der Waals surface area contributed by atoms with Crippen molar-refractivity contribution in [2.24, 2.45) is 0 Å².